The Labute approximate surface area is 141 Å². The molecule has 2 aromatic heterocycles. The summed E-state index contributed by atoms with van der Waals surface area (Å²) in [5, 5.41) is 0. The van der Waals surface area contributed by atoms with E-state index in [4.69, 9.17) is 18.9 Å². The third kappa shape index (κ3) is 2.69. The molecule has 132 valence electrons. The van der Waals surface area contributed by atoms with Gasteiger partial charge < -0.3 is 18.9 Å². The lowest BCUT2D eigenvalue weighted by atomic mass is 10.1. The minimum atomic E-state index is -0.390. The lowest BCUT2D eigenvalue weighted by Gasteiger charge is -2.22. The number of imidazole rings is 1. The smallest absolute Gasteiger partial charge is 0.166 e. The Hall–Kier alpha value is -1.61. The van der Waals surface area contributed by atoms with Gasteiger partial charge in [-0.25, -0.2) is 15.0 Å². The van der Waals surface area contributed by atoms with E-state index in [9.17, 15) is 0 Å². The van der Waals surface area contributed by atoms with Crippen LogP contribution in [0.15, 0.2) is 0 Å². The molecule has 0 N–H and O–H groups in total. The highest BCUT2D eigenvalue weighted by molar-refractivity contribution is 5.74. The van der Waals surface area contributed by atoms with Gasteiger partial charge in [-0.2, -0.15) is 0 Å². The summed E-state index contributed by atoms with van der Waals surface area (Å²) in [5.74, 6) is 1.50. The lowest BCUT2D eigenvalue weighted by molar-refractivity contribution is -0.0644. The summed E-state index contributed by atoms with van der Waals surface area (Å²) in [6, 6.07) is 0. The normalized spacial score (nSPS) is 27.2. The highest BCUT2D eigenvalue weighted by Gasteiger charge is 2.47. The number of aryl methyl sites for hydroxylation is 3. The van der Waals surface area contributed by atoms with Crippen molar-refractivity contribution in [3.63, 3.8) is 0 Å². The van der Waals surface area contributed by atoms with Crippen molar-refractivity contribution in [1.82, 2.24) is 19.5 Å². The van der Waals surface area contributed by atoms with E-state index in [1.54, 1.807) is 21.3 Å². The fourth-order valence-corrected chi connectivity index (χ4v) is 3.41. The standard InChI is InChI=1S/C16H24N4O4/c1-8-12-15(18-9(2)17-8)20(10(3)19-12)16-14(23-6)13(22-5)11(24-16)7-21-4/h11,13-14,16H,7H2,1-6H3. The van der Waals surface area contributed by atoms with Crippen molar-refractivity contribution >= 4 is 11.2 Å². The van der Waals surface area contributed by atoms with Crippen LogP contribution in [-0.4, -0.2) is 65.8 Å². The topological polar surface area (TPSA) is 80.5 Å². The van der Waals surface area contributed by atoms with Crippen LogP contribution in [0.1, 0.15) is 23.6 Å². The molecular weight excluding hydrogens is 312 g/mol. The second kappa shape index (κ2) is 6.72. The average molecular weight is 336 g/mol. The zero-order valence-corrected chi connectivity index (χ0v) is 14.9. The van der Waals surface area contributed by atoms with Crippen molar-refractivity contribution in [2.75, 3.05) is 27.9 Å². The van der Waals surface area contributed by atoms with E-state index in [0.717, 1.165) is 22.7 Å². The number of methoxy groups -OCH3 is 3. The van der Waals surface area contributed by atoms with Gasteiger partial charge >= 0.3 is 0 Å². The summed E-state index contributed by atoms with van der Waals surface area (Å²) in [4.78, 5) is 13.6. The van der Waals surface area contributed by atoms with E-state index < -0.39 is 6.23 Å². The lowest BCUT2D eigenvalue weighted by Crippen LogP contribution is -2.37. The number of nitrogens with zero attached hydrogens (tertiary/aromatic N) is 4. The quantitative estimate of drug-likeness (QED) is 0.814. The molecule has 0 bridgehead atoms. The van der Waals surface area contributed by atoms with Crippen molar-refractivity contribution in [3.8, 4) is 0 Å². The molecule has 0 spiro atoms. The summed E-state index contributed by atoms with van der Waals surface area (Å²) < 4.78 is 24.7. The van der Waals surface area contributed by atoms with Crippen LogP contribution in [0.4, 0.5) is 0 Å². The van der Waals surface area contributed by atoms with Gasteiger partial charge in [0, 0.05) is 21.3 Å². The Morgan fingerprint density at radius 3 is 2.33 bits per heavy atom. The van der Waals surface area contributed by atoms with E-state index in [0.29, 0.717) is 12.4 Å². The van der Waals surface area contributed by atoms with Crippen LogP contribution in [0, 0.1) is 20.8 Å². The van der Waals surface area contributed by atoms with Gasteiger partial charge in [0.2, 0.25) is 0 Å². The molecule has 0 aliphatic carbocycles. The Kier molecular flexibility index (Phi) is 4.82. The van der Waals surface area contributed by atoms with Crippen LogP contribution >= 0.6 is 0 Å². The monoisotopic (exact) mass is 336 g/mol. The first kappa shape index (κ1) is 17.2. The second-order valence-electron chi connectivity index (χ2n) is 5.98. The fraction of sp³-hybridized carbons (Fsp3) is 0.688. The third-order valence-electron chi connectivity index (χ3n) is 4.42. The molecular formula is C16H24N4O4. The number of hydrogen-bond acceptors (Lipinski definition) is 7. The first-order valence-corrected chi connectivity index (χ1v) is 7.91. The van der Waals surface area contributed by atoms with E-state index in [1.165, 1.54) is 0 Å². The van der Waals surface area contributed by atoms with Gasteiger partial charge in [0.25, 0.3) is 0 Å². The number of fused-ring (bicyclic) bond motifs is 1. The predicted octanol–water partition coefficient (Wildman–Crippen LogP) is 1.33. The largest absolute Gasteiger partial charge is 0.382 e. The molecule has 8 heteroatoms. The summed E-state index contributed by atoms with van der Waals surface area (Å²) in [7, 11) is 4.95. The molecule has 24 heavy (non-hydrogen) atoms. The maximum Gasteiger partial charge on any atom is 0.166 e. The number of aromatic nitrogens is 4. The molecule has 1 fully saturated rings. The molecule has 4 unspecified atom stereocenters. The molecule has 1 aliphatic rings. The van der Waals surface area contributed by atoms with Crippen molar-refractivity contribution in [3.05, 3.63) is 17.3 Å². The summed E-state index contributed by atoms with van der Waals surface area (Å²) >= 11 is 0. The summed E-state index contributed by atoms with van der Waals surface area (Å²) in [6.07, 6.45) is -1.14. The maximum absolute atomic E-state index is 6.21. The van der Waals surface area contributed by atoms with Crippen molar-refractivity contribution in [2.24, 2.45) is 0 Å². The Bertz CT molecular complexity index is 732. The van der Waals surface area contributed by atoms with Gasteiger partial charge in [-0.05, 0) is 20.8 Å². The maximum atomic E-state index is 6.21. The second-order valence-corrected chi connectivity index (χ2v) is 5.98. The van der Waals surface area contributed by atoms with Crippen LogP contribution in [0.5, 0.6) is 0 Å². The molecule has 2 aromatic rings. The highest BCUT2D eigenvalue weighted by Crippen LogP contribution is 2.36. The van der Waals surface area contributed by atoms with Crippen LogP contribution in [0.2, 0.25) is 0 Å². The van der Waals surface area contributed by atoms with Crippen LogP contribution in [-0.2, 0) is 18.9 Å². The van der Waals surface area contributed by atoms with Gasteiger partial charge in [0.1, 0.15) is 35.5 Å². The van der Waals surface area contributed by atoms with Gasteiger partial charge in [-0.3, -0.25) is 4.57 Å². The fourth-order valence-electron chi connectivity index (χ4n) is 3.41. The van der Waals surface area contributed by atoms with Crippen LogP contribution < -0.4 is 0 Å². The number of rotatable bonds is 5. The van der Waals surface area contributed by atoms with Gasteiger partial charge in [-0.15, -0.1) is 0 Å². The first-order valence-electron chi connectivity index (χ1n) is 7.91. The summed E-state index contributed by atoms with van der Waals surface area (Å²) in [6.45, 7) is 6.16. The number of hydrogen-bond donors (Lipinski definition) is 0. The van der Waals surface area contributed by atoms with E-state index in [1.807, 2.05) is 25.3 Å². The Balaban J connectivity index is 2.10. The zero-order valence-electron chi connectivity index (χ0n) is 14.9. The third-order valence-corrected chi connectivity index (χ3v) is 4.42. The molecule has 4 atom stereocenters. The van der Waals surface area contributed by atoms with Gasteiger partial charge in [-0.1, -0.05) is 0 Å². The van der Waals surface area contributed by atoms with Crippen molar-refractivity contribution in [1.29, 1.82) is 0 Å². The van der Waals surface area contributed by atoms with Gasteiger partial charge in [0.05, 0.1) is 12.3 Å². The average Bonchev–Trinajstić information content (AvgIpc) is 3.04. The minimum absolute atomic E-state index is 0.226. The van der Waals surface area contributed by atoms with Gasteiger partial charge in [0.15, 0.2) is 11.9 Å². The summed E-state index contributed by atoms with van der Waals surface area (Å²) in [5.41, 5.74) is 2.38. The first-order chi connectivity index (χ1) is 11.5. The van der Waals surface area contributed by atoms with Crippen LogP contribution in [0.25, 0.3) is 11.2 Å². The van der Waals surface area contributed by atoms with Crippen molar-refractivity contribution < 1.29 is 18.9 Å². The highest BCUT2D eigenvalue weighted by atomic mass is 16.6. The molecule has 0 saturated carbocycles. The predicted molar refractivity (Wildman–Crippen MR) is 86.9 cm³/mol. The molecule has 3 heterocycles. The zero-order chi connectivity index (χ0) is 17.4. The molecule has 0 aromatic carbocycles. The molecule has 1 saturated heterocycles. The van der Waals surface area contributed by atoms with E-state index in [2.05, 4.69) is 15.0 Å². The Morgan fingerprint density at radius 1 is 1.00 bits per heavy atom. The molecule has 1 aliphatic heterocycles. The number of ether oxygens (including phenoxy) is 4. The Morgan fingerprint density at radius 2 is 1.71 bits per heavy atom. The van der Waals surface area contributed by atoms with E-state index >= 15 is 0 Å². The molecule has 0 amide bonds. The van der Waals surface area contributed by atoms with Crippen molar-refractivity contribution in [2.45, 2.75) is 45.3 Å². The molecule has 8 nitrogen and oxygen atoms in total. The minimum Gasteiger partial charge on any atom is -0.382 e. The van der Waals surface area contributed by atoms with E-state index in [-0.39, 0.29) is 18.3 Å². The van der Waals surface area contributed by atoms with Crippen LogP contribution in [0.3, 0.4) is 0 Å². The molecule has 0 radical (unpaired) electrons. The molecule has 3 rings (SSSR count). The SMILES string of the molecule is COCC1OC(n2c(C)nc3c(C)nc(C)nc32)C(OC)C1OC.